The summed E-state index contributed by atoms with van der Waals surface area (Å²) >= 11 is 13.2. The third kappa shape index (κ3) is 3.66. The zero-order valence-electron chi connectivity index (χ0n) is 10.6. The number of pyridine rings is 1. The average molecular weight is 328 g/mol. The van der Waals surface area contributed by atoms with Crippen molar-refractivity contribution in [3.8, 4) is 5.75 Å². The average Bonchev–Trinajstić information content (AvgIpc) is 2.41. The molecule has 3 nitrogen and oxygen atoms in total. The molecule has 0 aliphatic rings. The van der Waals surface area contributed by atoms with Gasteiger partial charge in [0.25, 0.3) is 0 Å². The molecule has 1 aromatic heterocycles. The van der Waals surface area contributed by atoms with Crippen LogP contribution in [0, 0.1) is 0 Å². The molecule has 0 radical (unpaired) electrons. The van der Waals surface area contributed by atoms with Crippen LogP contribution < -0.4 is 0 Å². The second kappa shape index (κ2) is 6.48. The number of phenols is 1. The van der Waals surface area contributed by atoms with Gasteiger partial charge in [0.1, 0.15) is 5.75 Å². The van der Waals surface area contributed by atoms with Gasteiger partial charge in [0.15, 0.2) is 5.78 Å². The summed E-state index contributed by atoms with van der Waals surface area (Å²) in [7, 11) is 0. The Balaban J connectivity index is 2.21. The van der Waals surface area contributed by atoms with E-state index < -0.39 is 0 Å². The summed E-state index contributed by atoms with van der Waals surface area (Å²) in [5.41, 5.74) is 0.835. The molecular formula is C14H11Cl2NO2S. The first kappa shape index (κ1) is 15.2. The van der Waals surface area contributed by atoms with Gasteiger partial charge in [-0.05, 0) is 31.2 Å². The minimum Gasteiger partial charge on any atom is -0.507 e. The Labute approximate surface area is 130 Å². The molecule has 104 valence electrons. The summed E-state index contributed by atoms with van der Waals surface area (Å²) in [5, 5.41) is 11.8. The Morgan fingerprint density at radius 2 is 2.05 bits per heavy atom. The molecule has 20 heavy (non-hydrogen) atoms. The van der Waals surface area contributed by atoms with Gasteiger partial charge in [-0.25, -0.2) is 4.98 Å². The number of nitrogens with zero attached hydrogens (tertiary/aromatic N) is 1. The molecular weight excluding hydrogens is 317 g/mol. The lowest BCUT2D eigenvalue weighted by molar-refractivity contribution is 0.101. The standard InChI is InChI=1S/C14H11Cl2NO2S/c1-8(18)12-5-11(16)4-9(14(12)19)7-20-13-3-2-10(15)6-17-13/h2-6,19H,7H2,1H3. The van der Waals surface area contributed by atoms with Gasteiger partial charge in [-0.15, -0.1) is 11.8 Å². The highest BCUT2D eigenvalue weighted by Crippen LogP contribution is 2.32. The Bertz CT molecular complexity index is 644. The SMILES string of the molecule is CC(=O)c1cc(Cl)cc(CSc2ccc(Cl)cn2)c1O. The van der Waals surface area contributed by atoms with Crippen molar-refractivity contribution in [1.29, 1.82) is 0 Å². The number of hydrogen-bond donors (Lipinski definition) is 1. The van der Waals surface area contributed by atoms with Crippen LogP contribution in [0.3, 0.4) is 0 Å². The predicted molar refractivity (Wildman–Crippen MR) is 81.9 cm³/mol. The van der Waals surface area contributed by atoms with Crippen molar-refractivity contribution < 1.29 is 9.90 Å². The van der Waals surface area contributed by atoms with Crippen molar-refractivity contribution in [1.82, 2.24) is 4.98 Å². The maximum atomic E-state index is 11.4. The van der Waals surface area contributed by atoms with Crippen LogP contribution in [-0.4, -0.2) is 15.9 Å². The number of aromatic nitrogens is 1. The summed E-state index contributed by atoms with van der Waals surface area (Å²) in [4.78, 5) is 15.6. The Hall–Kier alpha value is -1.23. The molecule has 0 amide bonds. The van der Waals surface area contributed by atoms with E-state index in [1.807, 2.05) is 0 Å². The van der Waals surface area contributed by atoms with E-state index in [-0.39, 0.29) is 17.1 Å². The monoisotopic (exact) mass is 327 g/mol. The fourth-order valence-corrected chi connectivity index (χ4v) is 2.80. The minimum atomic E-state index is -0.221. The van der Waals surface area contributed by atoms with Crippen LogP contribution in [0.5, 0.6) is 5.75 Å². The molecule has 0 aliphatic heterocycles. The number of ketones is 1. The molecule has 0 unspecified atom stereocenters. The molecule has 1 aromatic carbocycles. The number of hydrogen-bond acceptors (Lipinski definition) is 4. The molecule has 0 saturated heterocycles. The van der Waals surface area contributed by atoms with E-state index in [9.17, 15) is 9.90 Å². The molecule has 0 saturated carbocycles. The maximum absolute atomic E-state index is 11.4. The van der Waals surface area contributed by atoms with Crippen LogP contribution in [0.25, 0.3) is 0 Å². The van der Waals surface area contributed by atoms with E-state index in [0.717, 1.165) is 5.03 Å². The van der Waals surface area contributed by atoms with E-state index in [1.54, 1.807) is 24.4 Å². The van der Waals surface area contributed by atoms with Gasteiger partial charge in [-0.2, -0.15) is 0 Å². The smallest absolute Gasteiger partial charge is 0.163 e. The number of carbonyl (C=O) groups is 1. The lowest BCUT2D eigenvalue weighted by Crippen LogP contribution is -1.96. The zero-order valence-corrected chi connectivity index (χ0v) is 12.9. The third-order valence-electron chi connectivity index (χ3n) is 2.61. The van der Waals surface area contributed by atoms with Gasteiger partial charge in [-0.1, -0.05) is 23.2 Å². The van der Waals surface area contributed by atoms with Crippen molar-refractivity contribution in [3.05, 3.63) is 51.6 Å². The Kier molecular flexibility index (Phi) is 4.91. The number of benzene rings is 1. The van der Waals surface area contributed by atoms with Crippen LogP contribution in [0.15, 0.2) is 35.5 Å². The molecule has 0 spiro atoms. The summed E-state index contributed by atoms with van der Waals surface area (Å²) in [6.07, 6.45) is 1.56. The number of Topliss-reactive ketones (excluding diaryl/α,β-unsaturated/α-hetero) is 1. The summed E-state index contributed by atoms with van der Waals surface area (Å²) in [6, 6.07) is 6.65. The highest BCUT2D eigenvalue weighted by Gasteiger charge is 2.13. The first-order chi connectivity index (χ1) is 9.47. The maximum Gasteiger partial charge on any atom is 0.163 e. The molecule has 0 atom stereocenters. The molecule has 0 fully saturated rings. The molecule has 0 bridgehead atoms. The van der Waals surface area contributed by atoms with Crippen molar-refractivity contribution in [2.45, 2.75) is 17.7 Å². The summed E-state index contributed by atoms with van der Waals surface area (Å²) in [5.74, 6) is 0.214. The van der Waals surface area contributed by atoms with E-state index in [0.29, 0.717) is 21.4 Å². The van der Waals surface area contributed by atoms with Gasteiger partial charge in [0, 0.05) is 22.5 Å². The molecule has 0 aliphatic carbocycles. The van der Waals surface area contributed by atoms with Gasteiger partial charge in [0.2, 0.25) is 0 Å². The molecule has 1 N–H and O–H groups in total. The number of halogens is 2. The molecule has 2 rings (SSSR count). The third-order valence-corrected chi connectivity index (χ3v) is 4.04. The van der Waals surface area contributed by atoms with Crippen molar-refractivity contribution in [2.24, 2.45) is 0 Å². The number of aromatic hydroxyl groups is 1. The van der Waals surface area contributed by atoms with Crippen molar-refractivity contribution in [3.63, 3.8) is 0 Å². The Morgan fingerprint density at radius 1 is 1.30 bits per heavy atom. The van der Waals surface area contributed by atoms with Crippen LogP contribution in [-0.2, 0) is 5.75 Å². The zero-order chi connectivity index (χ0) is 14.7. The highest BCUT2D eigenvalue weighted by atomic mass is 35.5. The summed E-state index contributed by atoms with van der Waals surface area (Å²) in [6.45, 7) is 1.39. The number of carbonyl (C=O) groups excluding carboxylic acids is 1. The summed E-state index contributed by atoms with van der Waals surface area (Å²) < 4.78 is 0. The lowest BCUT2D eigenvalue weighted by Gasteiger charge is -2.08. The molecule has 6 heteroatoms. The number of rotatable bonds is 4. The van der Waals surface area contributed by atoms with Crippen LogP contribution in [0.1, 0.15) is 22.8 Å². The predicted octanol–water partition coefficient (Wildman–Crippen LogP) is 4.59. The van der Waals surface area contributed by atoms with Gasteiger partial charge in [-0.3, -0.25) is 4.79 Å². The van der Waals surface area contributed by atoms with Gasteiger partial charge in [0.05, 0.1) is 15.6 Å². The normalized spacial score (nSPS) is 10.6. The van der Waals surface area contributed by atoms with Gasteiger partial charge < -0.3 is 5.11 Å². The number of thioether (sulfide) groups is 1. The second-order valence-electron chi connectivity index (χ2n) is 4.12. The van der Waals surface area contributed by atoms with Gasteiger partial charge >= 0.3 is 0 Å². The first-order valence-electron chi connectivity index (χ1n) is 5.74. The van der Waals surface area contributed by atoms with Crippen molar-refractivity contribution >= 4 is 40.7 Å². The number of phenolic OH excluding ortho intramolecular Hbond substituents is 1. The minimum absolute atomic E-state index is 0.0247. The van der Waals surface area contributed by atoms with Crippen LogP contribution >= 0.6 is 35.0 Å². The van der Waals surface area contributed by atoms with E-state index in [2.05, 4.69) is 4.98 Å². The quantitative estimate of drug-likeness (QED) is 0.659. The van der Waals surface area contributed by atoms with E-state index in [4.69, 9.17) is 23.2 Å². The van der Waals surface area contributed by atoms with Crippen LogP contribution in [0.2, 0.25) is 10.0 Å². The molecule has 2 aromatic rings. The van der Waals surface area contributed by atoms with Crippen LogP contribution in [0.4, 0.5) is 0 Å². The lowest BCUT2D eigenvalue weighted by atomic mass is 10.1. The topological polar surface area (TPSA) is 50.2 Å². The molecule has 1 heterocycles. The highest BCUT2D eigenvalue weighted by molar-refractivity contribution is 7.98. The fraction of sp³-hybridized carbons (Fsp3) is 0.143. The Morgan fingerprint density at radius 3 is 2.65 bits per heavy atom. The first-order valence-corrected chi connectivity index (χ1v) is 7.48. The second-order valence-corrected chi connectivity index (χ2v) is 5.99. The fourth-order valence-electron chi connectivity index (χ4n) is 1.63. The van der Waals surface area contributed by atoms with Crippen molar-refractivity contribution in [2.75, 3.05) is 0 Å². The van der Waals surface area contributed by atoms with E-state index in [1.165, 1.54) is 24.8 Å². The largest absolute Gasteiger partial charge is 0.507 e. The van der Waals surface area contributed by atoms with E-state index >= 15 is 0 Å².